The Morgan fingerprint density at radius 1 is 0.963 bits per heavy atom. The first kappa shape index (κ1) is 17.5. The van der Waals surface area contributed by atoms with Crippen LogP contribution in [0.3, 0.4) is 0 Å². The minimum Gasteiger partial charge on any atom is -0.332 e. The molecule has 0 radical (unpaired) electrons. The average molecular weight is 437 g/mol. The molecule has 4 rings (SSSR count). The fourth-order valence-electron chi connectivity index (χ4n) is 2.81. The SMILES string of the molecule is O=C(NC(=S)Nc1cc2cccnc2c2ncccc12)c1ccc(Br)cc1. The lowest BCUT2D eigenvalue weighted by atomic mass is 10.1. The summed E-state index contributed by atoms with van der Waals surface area (Å²) in [6.45, 7) is 0. The van der Waals surface area contributed by atoms with Crippen molar-refractivity contribution in [1.82, 2.24) is 15.3 Å². The van der Waals surface area contributed by atoms with E-state index < -0.39 is 0 Å². The van der Waals surface area contributed by atoms with Gasteiger partial charge in [0.05, 0.1) is 16.7 Å². The van der Waals surface area contributed by atoms with Gasteiger partial charge in [-0.3, -0.25) is 20.1 Å². The van der Waals surface area contributed by atoms with Crippen molar-refractivity contribution in [2.24, 2.45) is 0 Å². The number of hydrogen-bond acceptors (Lipinski definition) is 4. The number of carbonyl (C=O) groups is 1. The molecule has 27 heavy (non-hydrogen) atoms. The van der Waals surface area contributed by atoms with Crippen molar-refractivity contribution >= 4 is 66.7 Å². The molecule has 0 spiro atoms. The normalized spacial score (nSPS) is 10.7. The predicted molar refractivity (Wildman–Crippen MR) is 115 cm³/mol. The zero-order valence-electron chi connectivity index (χ0n) is 13.9. The van der Waals surface area contributed by atoms with E-state index in [-0.39, 0.29) is 11.0 Å². The molecule has 5 nitrogen and oxygen atoms in total. The van der Waals surface area contributed by atoms with Crippen LogP contribution in [0.25, 0.3) is 21.8 Å². The number of amides is 1. The molecule has 2 aromatic heterocycles. The number of benzene rings is 2. The maximum absolute atomic E-state index is 12.4. The van der Waals surface area contributed by atoms with Crippen molar-refractivity contribution in [3.63, 3.8) is 0 Å². The Labute approximate surface area is 169 Å². The van der Waals surface area contributed by atoms with Gasteiger partial charge in [0.15, 0.2) is 5.11 Å². The van der Waals surface area contributed by atoms with Gasteiger partial charge in [0.2, 0.25) is 0 Å². The molecule has 0 aliphatic carbocycles. The van der Waals surface area contributed by atoms with Crippen LogP contribution < -0.4 is 10.6 Å². The van der Waals surface area contributed by atoms with Gasteiger partial charge >= 0.3 is 0 Å². The molecule has 0 saturated heterocycles. The molecule has 132 valence electrons. The van der Waals surface area contributed by atoms with Crippen LogP contribution in [0.15, 0.2) is 71.5 Å². The van der Waals surface area contributed by atoms with Crippen LogP contribution >= 0.6 is 28.1 Å². The van der Waals surface area contributed by atoms with Crippen molar-refractivity contribution in [3.8, 4) is 0 Å². The fourth-order valence-corrected chi connectivity index (χ4v) is 3.28. The number of rotatable bonds is 2. The maximum atomic E-state index is 12.4. The van der Waals surface area contributed by atoms with Crippen LogP contribution in [-0.4, -0.2) is 21.0 Å². The van der Waals surface area contributed by atoms with Crippen molar-refractivity contribution < 1.29 is 4.79 Å². The number of nitrogens with one attached hydrogen (secondary N) is 2. The molecule has 0 unspecified atom stereocenters. The largest absolute Gasteiger partial charge is 0.332 e. The zero-order valence-corrected chi connectivity index (χ0v) is 16.3. The van der Waals surface area contributed by atoms with Gasteiger partial charge in [-0.1, -0.05) is 22.0 Å². The van der Waals surface area contributed by atoms with E-state index in [1.807, 2.05) is 30.3 Å². The van der Waals surface area contributed by atoms with E-state index in [0.29, 0.717) is 5.56 Å². The summed E-state index contributed by atoms with van der Waals surface area (Å²) in [7, 11) is 0. The predicted octanol–water partition coefficient (Wildman–Crippen LogP) is 4.67. The third-order valence-electron chi connectivity index (χ3n) is 4.04. The van der Waals surface area contributed by atoms with Crippen LogP contribution in [0.1, 0.15) is 10.4 Å². The van der Waals surface area contributed by atoms with Gasteiger partial charge in [-0.25, -0.2) is 0 Å². The molecule has 7 heteroatoms. The van der Waals surface area contributed by atoms with E-state index >= 15 is 0 Å². The number of carbonyl (C=O) groups excluding carboxylic acids is 1. The van der Waals surface area contributed by atoms with Crippen molar-refractivity contribution in [2.75, 3.05) is 5.32 Å². The topological polar surface area (TPSA) is 66.9 Å². The second-order valence-electron chi connectivity index (χ2n) is 5.81. The summed E-state index contributed by atoms with van der Waals surface area (Å²) in [5.74, 6) is -0.273. The van der Waals surface area contributed by atoms with E-state index in [9.17, 15) is 4.79 Å². The number of halogens is 1. The molecule has 0 saturated carbocycles. The lowest BCUT2D eigenvalue weighted by Gasteiger charge is -2.13. The average Bonchev–Trinajstić information content (AvgIpc) is 2.68. The molecular weight excluding hydrogens is 424 g/mol. The van der Waals surface area contributed by atoms with Gasteiger partial charge in [0, 0.05) is 33.2 Å². The summed E-state index contributed by atoms with van der Waals surface area (Å²) in [6, 6.07) is 16.6. The third-order valence-corrected chi connectivity index (χ3v) is 4.78. The summed E-state index contributed by atoms with van der Waals surface area (Å²) >= 11 is 8.69. The minimum atomic E-state index is -0.273. The first-order valence-corrected chi connectivity index (χ1v) is 9.32. The summed E-state index contributed by atoms with van der Waals surface area (Å²) < 4.78 is 0.906. The highest BCUT2D eigenvalue weighted by molar-refractivity contribution is 9.10. The molecule has 0 aliphatic heterocycles. The Kier molecular flexibility index (Phi) is 4.79. The maximum Gasteiger partial charge on any atom is 0.257 e. The van der Waals surface area contributed by atoms with Crippen LogP contribution in [0.5, 0.6) is 0 Å². The highest BCUT2D eigenvalue weighted by Crippen LogP contribution is 2.29. The van der Waals surface area contributed by atoms with Gasteiger partial charge in [0.25, 0.3) is 5.91 Å². The first-order chi connectivity index (χ1) is 13.1. The second kappa shape index (κ2) is 7.38. The van der Waals surface area contributed by atoms with Crippen LogP contribution in [0.2, 0.25) is 0 Å². The van der Waals surface area contributed by atoms with E-state index in [2.05, 4.69) is 36.5 Å². The quantitative estimate of drug-likeness (QED) is 0.352. The number of hydrogen-bond donors (Lipinski definition) is 2. The summed E-state index contributed by atoms with van der Waals surface area (Å²) in [4.78, 5) is 21.2. The third kappa shape index (κ3) is 3.65. The van der Waals surface area contributed by atoms with Gasteiger partial charge in [0.1, 0.15) is 0 Å². The highest BCUT2D eigenvalue weighted by Gasteiger charge is 2.12. The first-order valence-electron chi connectivity index (χ1n) is 8.12. The van der Waals surface area contributed by atoms with E-state index in [4.69, 9.17) is 12.2 Å². The lowest BCUT2D eigenvalue weighted by molar-refractivity contribution is 0.0977. The molecule has 0 bridgehead atoms. The summed E-state index contributed by atoms with van der Waals surface area (Å²) in [6.07, 6.45) is 3.47. The minimum absolute atomic E-state index is 0.219. The molecule has 2 aromatic carbocycles. The van der Waals surface area contributed by atoms with Gasteiger partial charge < -0.3 is 5.32 Å². The van der Waals surface area contributed by atoms with Crippen molar-refractivity contribution in [2.45, 2.75) is 0 Å². The highest BCUT2D eigenvalue weighted by atomic mass is 79.9. The lowest BCUT2D eigenvalue weighted by Crippen LogP contribution is -2.34. The summed E-state index contributed by atoms with van der Waals surface area (Å²) in [5.41, 5.74) is 2.89. The number of anilines is 1. The molecule has 0 atom stereocenters. The molecule has 0 fully saturated rings. The molecule has 2 N–H and O–H groups in total. The molecule has 1 amide bonds. The Morgan fingerprint density at radius 3 is 2.44 bits per heavy atom. The fraction of sp³-hybridized carbons (Fsp3) is 0. The number of nitrogens with zero attached hydrogens (tertiary/aromatic N) is 2. The Morgan fingerprint density at radius 2 is 1.67 bits per heavy atom. The monoisotopic (exact) mass is 436 g/mol. The van der Waals surface area contributed by atoms with E-state index in [1.165, 1.54) is 0 Å². The molecule has 4 aromatic rings. The molecule has 2 heterocycles. The zero-order chi connectivity index (χ0) is 18.8. The van der Waals surface area contributed by atoms with Crippen molar-refractivity contribution in [1.29, 1.82) is 0 Å². The number of thiocarbonyl (C=S) groups is 1. The Bertz CT molecular complexity index is 1180. The summed E-state index contributed by atoms with van der Waals surface area (Å²) in [5, 5.41) is 7.85. The molecule has 0 aliphatic rings. The van der Waals surface area contributed by atoms with Crippen molar-refractivity contribution in [3.05, 3.63) is 77.0 Å². The van der Waals surface area contributed by atoms with Crippen LogP contribution in [-0.2, 0) is 0 Å². The van der Waals surface area contributed by atoms with Gasteiger partial charge in [-0.05, 0) is 60.7 Å². The van der Waals surface area contributed by atoms with Crippen LogP contribution in [0.4, 0.5) is 5.69 Å². The molecular formula is C20H13BrN4OS. The number of aromatic nitrogens is 2. The smallest absolute Gasteiger partial charge is 0.257 e. The number of pyridine rings is 2. The van der Waals surface area contributed by atoms with E-state index in [0.717, 1.165) is 32.0 Å². The Hall–Kier alpha value is -2.90. The number of fused-ring (bicyclic) bond motifs is 3. The standard InChI is InChI=1S/C20H13BrN4OS/c21-14-7-5-12(6-8-14)19(26)25-20(27)24-16-11-13-3-1-9-22-17(13)18-15(16)4-2-10-23-18/h1-11H,(H2,24,25,26,27). The second-order valence-corrected chi connectivity index (χ2v) is 7.14. The van der Waals surface area contributed by atoms with Gasteiger partial charge in [-0.2, -0.15) is 0 Å². The van der Waals surface area contributed by atoms with Gasteiger partial charge in [-0.15, -0.1) is 0 Å². The van der Waals surface area contributed by atoms with E-state index in [1.54, 1.807) is 36.7 Å². The van der Waals surface area contributed by atoms with Crippen LogP contribution in [0, 0.1) is 0 Å². The Balaban J connectivity index is 1.63.